The highest BCUT2D eigenvalue weighted by Gasteiger charge is 2.35. The van der Waals surface area contributed by atoms with E-state index >= 15 is 0 Å². The number of hydrogen-bond donors (Lipinski definition) is 0. The molecular formula is C45H72O21. The van der Waals surface area contributed by atoms with Crippen LogP contribution < -0.4 is 0 Å². The van der Waals surface area contributed by atoms with E-state index in [2.05, 4.69) is 32.9 Å². The largest absolute Gasteiger partial charge is 0.460 e. The van der Waals surface area contributed by atoms with Crippen molar-refractivity contribution >= 4 is 29.8 Å². The predicted octanol–water partition coefficient (Wildman–Crippen LogP) is 1.81. The van der Waals surface area contributed by atoms with Gasteiger partial charge in [-0.25, -0.2) is 24.0 Å². The Hall–Kier alpha value is -4.39. The molecule has 0 bridgehead atoms. The van der Waals surface area contributed by atoms with Crippen LogP contribution in [0.5, 0.6) is 0 Å². The van der Waals surface area contributed by atoms with Gasteiger partial charge < -0.3 is 75.8 Å². The van der Waals surface area contributed by atoms with Gasteiger partial charge in [0.2, 0.25) is 0 Å². The summed E-state index contributed by atoms with van der Waals surface area (Å²) >= 11 is 0. The number of carbonyl (C=O) groups excluding carboxylic acids is 5. The highest BCUT2D eigenvalue weighted by Crippen LogP contribution is 2.24. The van der Waals surface area contributed by atoms with E-state index in [0.29, 0.717) is 0 Å². The Morgan fingerprint density at radius 2 is 0.470 bits per heavy atom. The van der Waals surface area contributed by atoms with Crippen LogP contribution in [0.2, 0.25) is 0 Å². The van der Waals surface area contributed by atoms with Gasteiger partial charge in [-0.1, -0.05) is 39.8 Å². The summed E-state index contributed by atoms with van der Waals surface area (Å²) < 4.78 is 89.0. The van der Waals surface area contributed by atoms with E-state index in [1.807, 2.05) is 6.92 Å². The number of esters is 5. The van der Waals surface area contributed by atoms with Crippen LogP contribution >= 0.6 is 0 Å². The summed E-state index contributed by atoms with van der Waals surface area (Å²) in [6.45, 7) is 22.8. The van der Waals surface area contributed by atoms with Crippen molar-refractivity contribution < 1.29 is 99.8 Å². The summed E-state index contributed by atoms with van der Waals surface area (Å²) in [6, 6.07) is 0. The molecule has 21 heteroatoms. The Morgan fingerprint density at radius 3 is 0.712 bits per heavy atom. The first-order valence-electron chi connectivity index (χ1n) is 21.3. The van der Waals surface area contributed by atoms with Gasteiger partial charge in [0.05, 0.1) is 151 Å². The lowest BCUT2D eigenvalue weighted by Gasteiger charge is -2.35. The lowest BCUT2D eigenvalue weighted by atomic mass is 9.91. The van der Waals surface area contributed by atoms with Crippen molar-refractivity contribution in [1.82, 2.24) is 0 Å². The third-order valence-electron chi connectivity index (χ3n) is 8.04. The molecule has 66 heavy (non-hydrogen) atoms. The van der Waals surface area contributed by atoms with E-state index in [1.54, 1.807) is 0 Å². The molecule has 21 nitrogen and oxygen atoms in total. The van der Waals surface area contributed by atoms with Gasteiger partial charge in [-0.3, -0.25) is 0 Å². The molecule has 0 N–H and O–H groups in total. The molecule has 0 radical (unpaired) electrons. The molecule has 378 valence electrons. The first-order chi connectivity index (χ1) is 32.0. The molecule has 0 rings (SSSR count). The molecule has 0 aliphatic carbocycles. The summed E-state index contributed by atoms with van der Waals surface area (Å²) in [5.74, 6) is -2.75. The van der Waals surface area contributed by atoms with Crippen LogP contribution in [-0.2, 0) is 99.8 Å². The minimum atomic E-state index is -0.896. The molecule has 0 fully saturated rings. The Labute approximate surface area is 388 Å². The van der Waals surface area contributed by atoms with Crippen molar-refractivity contribution in [3.63, 3.8) is 0 Å². The monoisotopic (exact) mass is 948 g/mol. The van der Waals surface area contributed by atoms with E-state index < -0.39 is 40.7 Å². The molecular weight excluding hydrogens is 876 g/mol. The molecule has 0 aliphatic heterocycles. The van der Waals surface area contributed by atoms with Crippen molar-refractivity contribution in [2.24, 2.45) is 10.8 Å². The molecule has 0 aromatic rings. The quantitative estimate of drug-likeness (QED) is 0.0366. The van der Waals surface area contributed by atoms with Gasteiger partial charge in [0.1, 0.15) is 33.0 Å². The van der Waals surface area contributed by atoms with Crippen LogP contribution in [0.4, 0.5) is 0 Å². The van der Waals surface area contributed by atoms with Crippen LogP contribution in [0, 0.1) is 10.8 Å². The Kier molecular flexibility index (Phi) is 40.3. The highest BCUT2D eigenvalue weighted by atomic mass is 16.6. The SMILES string of the molecule is C=CC(=O)OCCOCCOCC(C)(COCCOCCOC(=O)C=C)COCC(COCCOCCOC(=O)C=C)(COCCOCCOC(=O)C=C)COCCOCCOC(=O)C=C. The number of hydrogen-bond acceptors (Lipinski definition) is 21. The Balaban J connectivity index is 5.85. The first-order valence-corrected chi connectivity index (χ1v) is 21.3. The minimum Gasteiger partial charge on any atom is -0.460 e. The first kappa shape index (κ1) is 61.6. The summed E-state index contributed by atoms with van der Waals surface area (Å²) in [6.07, 6.45) is 5.34. The second-order valence-electron chi connectivity index (χ2n) is 14.0. The molecule has 0 atom stereocenters. The lowest BCUT2D eigenvalue weighted by molar-refractivity contribution is -0.141. The van der Waals surface area contributed by atoms with Crippen molar-refractivity contribution in [3.05, 3.63) is 63.3 Å². The van der Waals surface area contributed by atoms with Gasteiger partial charge in [0.25, 0.3) is 0 Å². The van der Waals surface area contributed by atoms with Gasteiger partial charge in [0, 0.05) is 35.8 Å². The van der Waals surface area contributed by atoms with Crippen LogP contribution in [0.15, 0.2) is 63.3 Å². The fraction of sp³-hybridized carbons (Fsp3) is 0.667. The summed E-state index contributed by atoms with van der Waals surface area (Å²) in [7, 11) is 0. The topological polar surface area (TPSA) is 233 Å². The fourth-order valence-corrected chi connectivity index (χ4v) is 4.79. The Morgan fingerprint density at radius 1 is 0.288 bits per heavy atom. The van der Waals surface area contributed by atoms with Crippen LogP contribution in [-0.4, -0.2) is 208 Å². The fourth-order valence-electron chi connectivity index (χ4n) is 4.79. The Bertz CT molecular complexity index is 1230. The smallest absolute Gasteiger partial charge is 0.330 e. The zero-order valence-corrected chi connectivity index (χ0v) is 38.6. The van der Waals surface area contributed by atoms with Crippen molar-refractivity contribution in [1.29, 1.82) is 0 Å². The zero-order chi connectivity index (χ0) is 48.8. The van der Waals surface area contributed by atoms with Gasteiger partial charge in [-0.15, -0.1) is 0 Å². The van der Waals surface area contributed by atoms with Crippen molar-refractivity contribution in [2.75, 3.05) is 178 Å². The number of carbonyl (C=O) groups is 5. The number of ether oxygens (including phenoxy) is 16. The average Bonchev–Trinajstić information content (AvgIpc) is 3.32. The summed E-state index contributed by atoms with van der Waals surface area (Å²) in [4.78, 5) is 56.5. The third-order valence-corrected chi connectivity index (χ3v) is 8.04. The maximum Gasteiger partial charge on any atom is 0.330 e. The predicted molar refractivity (Wildman–Crippen MR) is 235 cm³/mol. The van der Waals surface area contributed by atoms with E-state index in [4.69, 9.17) is 75.8 Å². The molecule has 0 saturated carbocycles. The van der Waals surface area contributed by atoms with Gasteiger partial charge in [-0.2, -0.15) is 0 Å². The molecule has 0 unspecified atom stereocenters. The molecule has 0 aromatic heterocycles. The summed E-state index contributed by atoms with van der Waals surface area (Å²) in [5, 5.41) is 0. The maximum absolute atomic E-state index is 11.3. The third kappa shape index (κ3) is 37.8. The molecule has 0 heterocycles. The molecule has 0 aromatic carbocycles. The second-order valence-corrected chi connectivity index (χ2v) is 14.0. The zero-order valence-electron chi connectivity index (χ0n) is 38.6. The normalized spacial score (nSPS) is 11.3. The van der Waals surface area contributed by atoms with Gasteiger partial charge in [-0.05, 0) is 0 Å². The van der Waals surface area contributed by atoms with E-state index in [-0.39, 0.29) is 178 Å². The summed E-state index contributed by atoms with van der Waals surface area (Å²) in [5.41, 5.74) is -1.59. The van der Waals surface area contributed by atoms with Crippen LogP contribution in [0.3, 0.4) is 0 Å². The van der Waals surface area contributed by atoms with Crippen molar-refractivity contribution in [2.45, 2.75) is 6.92 Å². The van der Waals surface area contributed by atoms with Crippen LogP contribution in [0.25, 0.3) is 0 Å². The van der Waals surface area contributed by atoms with E-state index in [0.717, 1.165) is 30.4 Å². The standard InChI is InChI=1S/C45H72O21/c1-7-39(46)62-27-22-51-12-17-56-32-44(6,33-57-18-13-52-23-28-63-40(47)8-2)34-61-38-45(35-58-19-14-53-24-29-64-41(48)9-3,36-59-20-15-54-25-30-65-42(49)10-4)37-60-21-16-55-26-31-66-43(50)11-5/h7-11H,1-5,12-38H2,6H3. The lowest BCUT2D eigenvalue weighted by Crippen LogP contribution is -2.44. The van der Waals surface area contributed by atoms with Gasteiger partial charge >= 0.3 is 29.8 Å². The minimum absolute atomic E-state index is 0.0501. The molecule has 0 saturated heterocycles. The average molecular weight is 949 g/mol. The molecule has 0 amide bonds. The van der Waals surface area contributed by atoms with Crippen LogP contribution in [0.1, 0.15) is 6.92 Å². The van der Waals surface area contributed by atoms with Crippen molar-refractivity contribution in [3.8, 4) is 0 Å². The maximum atomic E-state index is 11.3. The van der Waals surface area contributed by atoms with E-state index in [9.17, 15) is 24.0 Å². The highest BCUT2D eigenvalue weighted by molar-refractivity contribution is 5.82. The van der Waals surface area contributed by atoms with E-state index in [1.165, 1.54) is 0 Å². The van der Waals surface area contributed by atoms with Gasteiger partial charge in [0.15, 0.2) is 0 Å². The second kappa shape index (κ2) is 43.2. The number of rotatable bonds is 49. The molecule has 0 spiro atoms. The molecule has 0 aliphatic rings.